The van der Waals surface area contributed by atoms with Gasteiger partial charge >= 0.3 is 0 Å². The fourth-order valence-corrected chi connectivity index (χ4v) is 2.50. The number of rotatable bonds is 3. The summed E-state index contributed by atoms with van der Waals surface area (Å²) in [6.45, 7) is 4.26. The van der Waals surface area contributed by atoms with E-state index in [-0.39, 0.29) is 11.9 Å². The number of halogens is 1. The lowest BCUT2D eigenvalue weighted by Gasteiger charge is -2.34. The Morgan fingerprint density at radius 3 is 3.00 bits per heavy atom. The van der Waals surface area contributed by atoms with Crippen LogP contribution in [0.1, 0.15) is 18.9 Å². The van der Waals surface area contributed by atoms with Crippen molar-refractivity contribution in [3.05, 3.63) is 28.8 Å². The first-order chi connectivity index (χ1) is 8.61. The number of carbonyl (C=O) groups is 1. The normalized spacial score (nSPS) is 20.8. The van der Waals surface area contributed by atoms with Crippen LogP contribution in [0.2, 0.25) is 5.02 Å². The Labute approximate surface area is 112 Å². The molecule has 0 bridgehead atoms. The fourth-order valence-electron chi connectivity index (χ4n) is 2.32. The number of nitrogens with one attached hydrogen (secondary N) is 1. The Kier molecular flexibility index (Phi) is 4.09. The summed E-state index contributed by atoms with van der Waals surface area (Å²) >= 11 is 5.88. The van der Waals surface area contributed by atoms with Crippen LogP contribution in [0.3, 0.4) is 0 Å². The minimum Gasteiger partial charge on any atom is -0.398 e. The van der Waals surface area contributed by atoms with E-state index in [1.807, 2.05) is 19.1 Å². The Morgan fingerprint density at radius 1 is 1.56 bits per heavy atom. The van der Waals surface area contributed by atoms with Crippen molar-refractivity contribution in [2.45, 2.75) is 25.9 Å². The number of amides is 1. The van der Waals surface area contributed by atoms with Crippen molar-refractivity contribution in [2.24, 2.45) is 0 Å². The number of piperazine rings is 1. The smallest absolute Gasteiger partial charge is 0.237 e. The number of nitrogens with two attached hydrogens (primary N) is 1. The third-order valence-electron chi connectivity index (χ3n) is 3.31. The maximum absolute atomic E-state index is 11.8. The Hall–Kier alpha value is -1.26. The number of nitrogen functional groups attached to an aromatic ring is 1. The molecule has 1 aliphatic heterocycles. The zero-order valence-corrected chi connectivity index (χ0v) is 11.2. The molecule has 5 heteroatoms. The molecular weight excluding hydrogens is 250 g/mol. The van der Waals surface area contributed by atoms with E-state index in [1.54, 1.807) is 6.07 Å². The van der Waals surface area contributed by atoms with Crippen molar-refractivity contribution in [1.29, 1.82) is 0 Å². The zero-order chi connectivity index (χ0) is 13.1. The van der Waals surface area contributed by atoms with E-state index in [4.69, 9.17) is 17.3 Å². The van der Waals surface area contributed by atoms with Crippen molar-refractivity contribution in [3.8, 4) is 0 Å². The number of hydrogen-bond donors (Lipinski definition) is 2. The monoisotopic (exact) mass is 267 g/mol. The lowest BCUT2D eigenvalue weighted by Crippen LogP contribution is -2.54. The van der Waals surface area contributed by atoms with E-state index in [0.717, 1.165) is 18.5 Å². The van der Waals surface area contributed by atoms with Crippen molar-refractivity contribution in [3.63, 3.8) is 0 Å². The van der Waals surface area contributed by atoms with Gasteiger partial charge in [0.2, 0.25) is 5.91 Å². The second-order valence-electron chi connectivity index (χ2n) is 4.53. The maximum atomic E-state index is 11.8. The summed E-state index contributed by atoms with van der Waals surface area (Å²) in [7, 11) is 0. The van der Waals surface area contributed by atoms with E-state index in [9.17, 15) is 4.79 Å². The third-order valence-corrected chi connectivity index (χ3v) is 3.54. The van der Waals surface area contributed by atoms with Gasteiger partial charge in [-0.1, -0.05) is 24.6 Å². The highest BCUT2D eigenvalue weighted by atomic mass is 35.5. The van der Waals surface area contributed by atoms with Crippen molar-refractivity contribution < 1.29 is 4.79 Å². The van der Waals surface area contributed by atoms with E-state index < -0.39 is 0 Å². The molecule has 1 heterocycles. The summed E-state index contributed by atoms with van der Waals surface area (Å²) < 4.78 is 0. The molecule has 1 unspecified atom stereocenters. The summed E-state index contributed by atoms with van der Waals surface area (Å²) in [5.41, 5.74) is 7.65. The van der Waals surface area contributed by atoms with Crippen LogP contribution in [0.4, 0.5) is 5.69 Å². The van der Waals surface area contributed by atoms with Crippen LogP contribution in [0, 0.1) is 0 Å². The molecule has 98 valence electrons. The lowest BCUT2D eigenvalue weighted by molar-refractivity contribution is -0.129. The molecule has 18 heavy (non-hydrogen) atoms. The van der Waals surface area contributed by atoms with Gasteiger partial charge in [-0.2, -0.15) is 0 Å². The van der Waals surface area contributed by atoms with Gasteiger partial charge in [0, 0.05) is 30.3 Å². The van der Waals surface area contributed by atoms with E-state index in [1.165, 1.54) is 0 Å². The highest BCUT2D eigenvalue weighted by Gasteiger charge is 2.28. The Bertz CT molecular complexity index is 450. The molecule has 2 rings (SSSR count). The Morgan fingerprint density at radius 2 is 2.33 bits per heavy atom. The van der Waals surface area contributed by atoms with Crippen molar-refractivity contribution in [1.82, 2.24) is 10.2 Å². The average Bonchev–Trinajstić information content (AvgIpc) is 2.33. The number of nitrogens with zero attached hydrogens (tertiary/aromatic N) is 1. The number of hydrogen-bond acceptors (Lipinski definition) is 3. The van der Waals surface area contributed by atoms with Crippen molar-refractivity contribution in [2.75, 3.05) is 18.8 Å². The molecule has 1 saturated heterocycles. The first-order valence-corrected chi connectivity index (χ1v) is 6.55. The summed E-state index contributed by atoms with van der Waals surface area (Å²) in [5, 5.41) is 3.53. The first-order valence-electron chi connectivity index (χ1n) is 6.17. The standard InChI is InChI=1S/C13H18ClN3O/c1-2-12-13(18)16-5-6-17(12)8-9-3-4-10(14)7-11(9)15/h3-4,7,12H,2,5-6,8,15H2,1H3,(H,16,18). The molecule has 4 nitrogen and oxygen atoms in total. The maximum Gasteiger partial charge on any atom is 0.237 e. The van der Waals surface area contributed by atoms with Gasteiger partial charge in [0.1, 0.15) is 0 Å². The molecule has 0 spiro atoms. The van der Waals surface area contributed by atoms with E-state index in [2.05, 4.69) is 10.2 Å². The van der Waals surface area contributed by atoms with Gasteiger partial charge in [-0.3, -0.25) is 9.69 Å². The lowest BCUT2D eigenvalue weighted by atomic mass is 10.1. The fraction of sp³-hybridized carbons (Fsp3) is 0.462. The van der Waals surface area contributed by atoms with Gasteiger partial charge in [0.05, 0.1) is 6.04 Å². The van der Waals surface area contributed by atoms with Crippen LogP contribution < -0.4 is 11.1 Å². The van der Waals surface area contributed by atoms with Gasteiger partial charge in [-0.25, -0.2) is 0 Å². The molecule has 1 aromatic rings. The van der Waals surface area contributed by atoms with Gasteiger partial charge in [-0.15, -0.1) is 0 Å². The molecule has 3 N–H and O–H groups in total. The summed E-state index contributed by atoms with van der Waals surface area (Å²) in [6.07, 6.45) is 0.805. The second kappa shape index (κ2) is 5.59. The number of carbonyl (C=O) groups excluding carboxylic acids is 1. The highest BCUT2D eigenvalue weighted by molar-refractivity contribution is 6.30. The van der Waals surface area contributed by atoms with E-state index in [0.29, 0.717) is 23.8 Å². The summed E-state index contributed by atoms with van der Waals surface area (Å²) in [5.74, 6) is 0.108. The van der Waals surface area contributed by atoms with Crippen LogP contribution in [0.25, 0.3) is 0 Å². The minimum absolute atomic E-state index is 0.0613. The molecule has 1 fully saturated rings. The van der Waals surface area contributed by atoms with E-state index >= 15 is 0 Å². The molecule has 1 amide bonds. The average molecular weight is 268 g/mol. The van der Waals surface area contributed by atoms with Gasteiger partial charge in [-0.05, 0) is 24.1 Å². The molecular formula is C13H18ClN3O. The molecule has 0 saturated carbocycles. The first kappa shape index (κ1) is 13.2. The largest absolute Gasteiger partial charge is 0.398 e. The SMILES string of the molecule is CCC1C(=O)NCCN1Cc1ccc(Cl)cc1N. The van der Waals surface area contributed by atoms with Crippen LogP contribution in [-0.4, -0.2) is 29.9 Å². The number of benzene rings is 1. The molecule has 0 radical (unpaired) electrons. The number of anilines is 1. The summed E-state index contributed by atoms with van der Waals surface area (Å²) in [4.78, 5) is 13.9. The Balaban J connectivity index is 2.14. The predicted octanol–water partition coefficient (Wildman–Crippen LogP) is 1.63. The summed E-state index contributed by atoms with van der Waals surface area (Å²) in [6, 6.07) is 5.45. The molecule has 1 aromatic carbocycles. The topological polar surface area (TPSA) is 58.4 Å². The second-order valence-corrected chi connectivity index (χ2v) is 4.97. The van der Waals surface area contributed by atoms with Crippen molar-refractivity contribution >= 4 is 23.2 Å². The molecule has 1 atom stereocenters. The molecule has 0 aliphatic carbocycles. The highest BCUT2D eigenvalue weighted by Crippen LogP contribution is 2.21. The van der Waals surface area contributed by atoms with Crippen LogP contribution >= 0.6 is 11.6 Å². The predicted molar refractivity (Wildman–Crippen MR) is 73.4 cm³/mol. The molecule has 1 aliphatic rings. The minimum atomic E-state index is -0.0613. The van der Waals surface area contributed by atoms with Gasteiger partial charge in [0.15, 0.2) is 0 Å². The molecule has 0 aromatic heterocycles. The van der Waals surface area contributed by atoms with Gasteiger partial charge < -0.3 is 11.1 Å². The van der Waals surface area contributed by atoms with Gasteiger partial charge in [0.25, 0.3) is 0 Å². The van der Waals surface area contributed by atoms with Crippen LogP contribution in [-0.2, 0) is 11.3 Å². The van der Waals surface area contributed by atoms with Crippen LogP contribution in [0.5, 0.6) is 0 Å². The quantitative estimate of drug-likeness (QED) is 0.819. The zero-order valence-electron chi connectivity index (χ0n) is 10.4. The van der Waals surface area contributed by atoms with Crippen LogP contribution in [0.15, 0.2) is 18.2 Å². The third kappa shape index (κ3) is 2.76.